The number of carbonyl (C=O) groups excluding carboxylic acids is 3. The van der Waals surface area contributed by atoms with Gasteiger partial charge in [0.1, 0.15) is 5.54 Å². The van der Waals surface area contributed by atoms with E-state index in [-0.39, 0.29) is 18.2 Å². The number of carbonyl (C=O) groups is 3. The van der Waals surface area contributed by atoms with Crippen molar-refractivity contribution >= 4 is 29.1 Å². The Hall–Kier alpha value is -2.41. The van der Waals surface area contributed by atoms with Crippen molar-refractivity contribution in [3.8, 4) is 0 Å². The van der Waals surface area contributed by atoms with Crippen LogP contribution in [0.25, 0.3) is 0 Å². The largest absolute Gasteiger partial charge is 0.345 e. The Morgan fingerprint density at radius 2 is 2.11 bits per heavy atom. The van der Waals surface area contributed by atoms with Crippen molar-refractivity contribution < 1.29 is 14.4 Å². The Morgan fingerprint density at radius 1 is 1.32 bits per heavy atom. The molecule has 1 aliphatic heterocycles. The molecule has 5 rings (SSSR count). The van der Waals surface area contributed by atoms with E-state index in [9.17, 15) is 14.4 Å². The molecule has 0 aromatic carbocycles. The fourth-order valence-corrected chi connectivity index (χ4v) is 5.87. The van der Waals surface area contributed by atoms with E-state index in [4.69, 9.17) is 0 Å². The molecule has 1 atom stereocenters. The second kappa shape index (κ2) is 6.04. The lowest BCUT2D eigenvalue weighted by Crippen LogP contribution is -2.46. The summed E-state index contributed by atoms with van der Waals surface area (Å²) in [6.45, 7) is 3.75. The lowest BCUT2D eigenvalue weighted by atomic mass is 9.80. The maximum absolute atomic E-state index is 13.3. The van der Waals surface area contributed by atoms with Crippen LogP contribution in [-0.4, -0.2) is 33.7 Å². The highest BCUT2D eigenvalue weighted by Crippen LogP contribution is 2.42. The molecule has 3 amide bonds. The van der Waals surface area contributed by atoms with Crippen LogP contribution in [0.15, 0.2) is 17.5 Å². The van der Waals surface area contributed by atoms with Gasteiger partial charge in [-0.3, -0.25) is 14.5 Å². The predicted octanol–water partition coefficient (Wildman–Crippen LogP) is 3.47. The van der Waals surface area contributed by atoms with Gasteiger partial charge in [0.25, 0.3) is 5.91 Å². The third-order valence-corrected chi connectivity index (χ3v) is 7.32. The van der Waals surface area contributed by atoms with Gasteiger partial charge in [0.2, 0.25) is 0 Å². The number of urea groups is 1. The van der Waals surface area contributed by atoms with Gasteiger partial charge in [0, 0.05) is 33.4 Å². The van der Waals surface area contributed by atoms with Crippen LogP contribution < -0.4 is 5.32 Å². The zero-order valence-electron chi connectivity index (χ0n) is 16.1. The van der Waals surface area contributed by atoms with Gasteiger partial charge in [-0.25, -0.2) is 4.79 Å². The number of Topliss-reactive ketones (excluding diaryl/α,β-unsaturated/α-hetero) is 1. The van der Waals surface area contributed by atoms with Gasteiger partial charge in [-0.1, -0.05) is 0 Å². The Labute approximate surface area is 167 Å². The molecule has 1 saturated heterocycles. The smallest absolute Gasteiger partial charge is 0.325 e. The topological polar surface area (TPSA) is 71.4 Å². The molecule has 2 fully saturated rings. The lowest BCUT2D eigenvalue weighted by Gasteiger charge is -2.31. The molecule has 1 saturated carbocycles. The average Bonchev–Trinajstić information content (AvgIpc) is 3.21. The Morgan fingerprint density at radius 3 is 2.86 bits per heavy atom. The van der Waals surface area contributed by atoms with Crippen LogP contribution in [0, 0.1) is 13.8 Å². The molecule has 3 heterocycles. The van der Waals surface area contributed by atoms with Crippen molar-refractivity contribution in [3.63, 3.8) is 0 Å². The zero-order valence-corrected chi connectivity index (χ0v) is 16.9. The molecule has 28 heavy (non-hydrogen) atoms. The number of hydrogen-bond donors (Lipinski definition) is 1. The van der Waals surface area contributed by atoms with Gasteiger partial charge in [-0.05, 0) is 63.5 Å². The van der Waals surface area contributed by atoms with E-state index in [1.54, 1.807) is 11.3 Å². The van der Waals surface area contributed by atoms with Crippen LogP contribution >= 0.6 is 11.3 Å². The van der Waals surface area contributed by atoms with Crippen LogP contribution in [-0.2, 0) is 16.8 Å². The first-order valence-electron chi connectivity index (χ1n) is 9.85. The Kier molecular flexibility index (Phi) is 3.81. The quantitative estimate of drug-likeness (QED) is 0.634. The normalized spacial score (nSPS) is 24.0. The third kappa shape index (κ3) is 2.42. The molecule has 3 aliphatic rings. The van der Waals surface area contributed by atoms with Crippen molar-refractivity contribution in [1.82, 2.24) is 14.8 Å². The van der Waals surface area contributed by atoms with Crippen LogP contribution in [0.3, 0.4) is 0 Å². The molecule has 1 N–H and O–H groups in total. The molecule has 0 radical (unpaired) electrons. The van der Waals surface area contributed by atoms with Crippen LogP contribution in [0.5, 0.6) is 0 Å². The minimum absolute atomic E-state index is 0.179. The van der Waals surface area contributed by atoms with E-state index in [2.05, 4.69) is 9.88 Å². The highest BCUT2D eigenvalue weighted by atomic mass is 32.1. The fourth-order valence-electron chi connectivity index (χ4n) is 4.87. The first kappa shape index (κ1) is 17.7. The van der Waals surface area contributed by atoms with Crippen LogP contribution in [0.2, 0.25) is 0 Å². The van der Waals surface area contributed by atoms with E-state index in [0.29, 0.717) is 18.0 Å². The van der Waals surface area contributed by atoms with Crippen molar-refractivity contribution in [2.75, 3.05) is 6.54 Å². The summed E-state index contributed by atoms with van der Waals surface area (Å²) < 4.78 is 2.21. The number of imide groups is 1. The number of fused-ring (bicyclic) bond motifs is 2. The van der Waals surface area contributed by atoms with E-state index in [0.717, 1.165) is 52.4 Å². The van der Waals surface area contributed by atoms with E-state index in [1.807, 2.05) is 31.4 Å². The minimum atomic E-state index is -0.990. The summed E-state index contributed by atoms with van der Waals surface area (Å²) in [4.78, 5) is 41.2. The maximum atomic E-state index is 13.3. The van der Waals surface area contributed by atoms with Gasteiger partial charge in [-0.15, -0.1) is 11.3 Å². The van der Waals surface area contributed by atoms with Gasteiger partial charge < -0.3 is 9.88 Å². The molecule has 7 heteroatoms. The number of thiophene rings is 1. The molecule has 2 aliphatic carbocycles. The summed E-state index contributed by atoms with van der Waals surface area (Å²) in [7, 11) is 0. The van der Waals surface area contributed by atoms with Gasteiger partial charge >= 0.3 is 6.03 Å². The minimum Gasteiger partial charge on any atom is -0.345 e. The van der Waals surface area contributed by atoms with Crippen LogP contribution in [0.1, 0.15) is 63.9 Å². The maximum Gasteiger partial charge on any atom is 0.325 e. The van der Waals surface area contributed by atoms with E-state index >= 15 is 0 Å². The molecular weight excluding hydrogens is 374 g/mol. The Balaban J connectivity index is 1.43. The van der Waals surface area contributed by atoms with Crippen LogP contribution in [0.4, 0.5) is 4.79 Å². The van der Waals surface area contributed by atoms with Crippen molar-refractivity contribution in [3.05, 3.63) is 44.9 Å². The third-order valence-electron chi connectivity index (χ3n) is 6.34. The van der Waals surface area contributed by atoms with E-state index in [1.165, 1.54) is 0 Å². The molecule has 1 spiro atoms. The number of nitrogens with zero attached hydrogens (tertiary/aromatic N) is 2. The standard InChI is InChI=1S/C21H23N3O3S/c1-12-10-15(13(2)24(12)14-5-6-14)17(25)11-23-19(26)21(22-20(23)27)8-3-4-18-16(21)7-9-28-18/h7,9-10,14H,3-6,8,11H2,1-2H3,(H,22,27)/t21-/m1/s1. The first-order valence-corrected chi connectivity index (χ1v) is 10.7. The summed E-state index contributed by atoms with van der Waals surface area (Å²) in [6.07, 6.45) is 4.65. The summed E-state index contributed by atoms with van der Waals surface area (Å²) in [5.74, 6) is -0.469. The highest BCUT2D eigenvalue weighted by molar-refractivity contribution is 7.10. The van der Waals surface area contributed by atoms with Gasteiger partial charge in [0.15, 0.2) is 5.78 Å². The lowest BCUT2D eigenvalue weighted by molar-refractivity contribution is -0.131. The van der Waals surface area contributed by atoms with E-state index < -0.39 is 11.6 Å². The summed E-state index contributed by atoms with van der Waals surface area (Å²) in [5.41, 5.74) is 2.53. The summed E-state index contributed by atoms with van der Waals surface area (Å²) in [6, 6.07) is 3.85. The van der Waals surface area contributed by atoms with Crippen molar-refractivity contribution in [2.24, 2.45) is 0 Å². The number of aromatic nitrogens is 1. The van der Waals surface area contributed by atoms with Gasteiger partial charge in [0.05, 0.1) is 6.54 Å². The van der Waals surface area contributed by atoms with Gasteiger partial charge in [-0.2, -0.15) is 0 Å². The summed E-state index contributed by atoms with van der Waals surface area (Å²) in [5, 5.41) is 4.88. The monoisotopic (exact) mass is 397 g/mol. The number of nitrogens with one attached hydrogen (secondary N) is 1. The number of amides is 3. The first-order chi connectivity index (χ1) is 13.4. The molecule has 2 aromatic heterocycles. The second-order valence-corrected chi connectivity index (χ2v) is 9.15. The SMILES string of the molecule is Cc1cc(C(=O)CN2C(=O)N[C@@]3(CCCc4sccc43)C2=O)c(C)n1C1CC1. The zero-order chi connectivity index (χ0) is 19.6. The number of rotatable bonds is 4. The molecule has 0 unspecified atom stereocenters. The molecule has 2 aromatic rings. The number of aryl methyl sites for hydroxylation is 2. The average molecular weight is 398 g/mol. The predicted molar refractivity (Wildman–Crippen MR) is 106 cm³/mol. The Bertz CT molecular complexity index is 1020. The second-order valence-electron chi connectivity index (χ2n) is 8.15. The fraction of sp³-hybridized carbons (Fsp3) is 0.476. The molecule has 146 valence electrons. The molecular formula is C21H23N3O3S. The number of ketones is 1. The molecule has 6 nitrogen and oxygen atoms in total. The molecule has 0 bridgehead atoms. The van der Waals surface area contributed by atoms with Crippen molar-refractivity contribution in [1.29, 1.82) is 0 Å². The highest BCUT2D eigenvalue weighted by Gasteiger charge is 2.54. The number of hydrogen-bond acceptors (Lipinski definition) is 4. The summed E-state index contributed by atoms with van der Waals surface area (Å²) >= 11 is 1.62. The van der Waals surface area contributed by atoms with Crippen molar-refractivity contribution in [2.45, 2.75) is 57.5 Å².